The summed E-state index contributed by atoms with van der Waals surface area (Å²) < 4.78 is 17.0. The molecule has 0 radical (unpaired) electrons. The maximum Gasteiger partial charge on any atom is 0.412 e. The van der Waals surface area contributed by atoms with E-state index in [9.17, 15) is 14.7 Å². The zero-order valence-electron chi connectivity index (χ0n) is 19.2. The molecule has 3 rings (SSSR count). The van der Waals surface area contributed by atoms with Gasteiger partial charge in [-0.3, -0.25) is 10.1 Å². The number of esters is 1. The van der Waals surface area contributed by atoms with Crippen LogP contribution in [0.2, 0.25) is 0 Å². The first kappa shape index (κ1) is 25.4. The SMILES string of the molecule is CCO[C@@H](CCOC(=O)CS)[C@@H](OC(=O)Nc1ccc(C)cc1)c1ccc(O)c2ccccc12. The van der Waals surface area contributed by atoms with Crippen LogP contribution >= 0.6 is 12.6 Å². The van der Waals surface area contributed by atoms with Gasteiger partial charge >= 0.3 is 12.1 Å². The predicted molar refractivity (Wildman–Crippen MR) is 134 cm³/mol. The monoisotopic (exact) mass is 483 g/mol. The standard InChI is InChI=1S/C26H29NO6S/c1-3-31-23(14-15-32-24(29)16-34)25(33-26(30)27-18-10-8-17(2)9-11-18)21-12-13-22(28)20-7-5-4-6-19(20)21/h4-13,23,25,28,34H,3,14-16H2,1-2H3,(H,27,30)/t23-,25-/m0/s1. The van der Waals surface area contributed by atoms with Crippen LogP contribution in [-0.2, 0) is 19.0 Å². The van der Waals surface area contributed by atoms with Crippen LogP contribution in [0, 0.1) is 6.92 Å². The molecule has 0 aliphatic heterocycles. The summed E-state index contributed by atoms with van der Waals surface area (Å²) in [4.78, 5) is 24.4. The number of rotatable bonds is 10. The Balaban J connectivity index is 1.93. The molecule has 0 bridgehead atoms. The molecule has 0 unspecified atom stereocenters. The van der Waals surface area contributed by atoms with Gasteiger partial charge in [0.15, 0.2) is 6.10 Å². The Morgan fingerprint density at radius 2 is 1.74 bits per heavy atom. The van der Waals surface area contributed by atoms with Gasteiger partial charge < -0.3 is 19.3 Å². The summed E-state index contributed by atoms with van der Waals surface area (Å²) in [5.41, 5.74) is 2.34. The maximum absolute atomic E-state index is 12.9. The average Bonchev–Trinajstić information content (AvgIpc) is 2.84. The van der Waals surface area contributed by atoms with Gasteiger partial charge in [0.25, 0.3) is 0 Å². The summed E-state index contributed by atoms with van der Waals surface area (Å²) in [5.74, 6) is -0.345. The third-order valence-corrected chi connectivity index (χ3v) is 5.54. The number of carbonyl (C=O) groups excluding carboxylic acids is 2. The number of thiol groups is 1. The number of phenolic OH excluding ortho intramolecular Hbond substituents is 1. The largest absolute Gasteiger partial charge is 0.507 e. The second-order valence-electron chi connectivity index (χ2n) is 7.70. The number of amides is 1. The highest BCUT2D eigenvalue weighted by Crippen LogP contribution is 2.35. The van der Waals surface area contributed by atoms with Crippen LogP contribution in [0.5, 0.6) is 5.75 Å². The number of hydrogen-bond donors (Lipinski definition) is 3. The zero-order chi connectivity index (χ0) is 24.5. The normalized spacial score (nSPS) is 12.7. The highest BCUT2D eigenvalue weighted by atomic mass is 32.1. The molecular weight excluding hydrogens is 454 g/mol. The maximum atomic E-state index is 12.9. The van der Waals surface area contributed by atoms with Crippen molar-refractivity contribution in [1.82, 2.24) is 0 Å². The lowest BCUT2D eigenvalue weighted by atomic mass is 9.95. The summed E-state index contributed by atoms with van der Waals surface area (Å²) in [7, 11) is 0. The fraction of sp³-hybridized carbons (Fsp3) is 0.308. The topological polar surface area (TPSA) is 94.1 Å². The molecule has 3 aromatic rings. The number of aromatic hydroxyl groups is 1. The Kier molecular flexibility index (Phi) is 9.18. The van der Waals surface area contributed by atoms with E-state index in [-0.39, 0.29) is 18.1 Å². The highest BCUT2D eigenvalue weighted by Gasteiger charge is 2.30. The van der Waals surface area contributed by atoms with Crippen molar-refractivity contribution in [3.8, 4) is 5.75 Å². The highest BCUT2D eigenvalue weighted by molar-refractivity contribution is 7.81. The smallest absolute Gasteiger partial charge is 0.412 e. The number of anilines is 1. The van der Waals surface area contributed by atoms with Crippen LogP contribution < -0.4 is 5.32 Å². The first-order valence-electron chi connectivity index (χ1n) is 11.1. The van der Waals surface area contributed by atoms with Crippen LogP contribution in [0.1, 0.15) is 30.6 Å². The zero-order valence-corrected chi connectivity index (χ0v) is 20.1. The first-order valence-corrected chi connectivity index (χ1v) is 11.7. The minimum absolute atomic E-state index is 0.0270. The van der Waals surface area contributed by atoms with Crippen LogP contribution in [0.25, 0.3) is 10.8 Å². The summed E-state index contributed by atoms with van der Waals surface area (Å²) in [6.07, 6.45) is -1.78. The third kappa shape index (κ3) is 6.65. The Bertz CT molecular complexity index is 1120. The Hall–Kier alpha value is -3.23. The number of fused-ring (bicyclic) bond motifs is 1. The van der Waals surface area contributed by atoms with Crippen LogP contribution in [0.15, 0.2) is 60.7 Å². The predicted octanol–water partition coefficient (Wildman–Crippen LogP) is 5.41. The molecule has 8 heteroatoms. The van der Waals surface area contributed by atoms with Crippen molar-refractivity contribution in [2.45, 2.75) is 32.5 Å². The van der Waals surface area contributed by atoms with Gasteiger partial charge in [0.2, 0.25) is 0 Å². The number of carbonyl (C=O) groups is 2. The molecule has 7 nitrogen and oxygen atoms in total. The van der Waals surface area contributed by atoms with E-state index in [1.807, 2.05) is 44.2 Å². The van der Waals surface area contributed by atoms with E-state index in [0.29, 0.717) is 29.7 Å². The summed E-state index contributed by atoms with van der Waals surface area (Å²) in [6, 6.07) is 17.9. The first-order chi connectivity index (χ1) is 16.4. The molecule has 0 heterocycles. The van der Waals surface area contributed by atoms with Crippen LogP contribution in [-0.4, -0.2) is 42.2 Å². The summed E-state index contributed by atoms with van der Waals surface area (Å²) in [5, 5.41) is 14.4. The van der Waals surface area contributed by atoms with E-state index in [2.05, 4.69) is 17.9 Å². The molecule has 0 aliphatic rings. The van der Waals surface area contributed by atoms with Gasteiger partial charge in [-0.15, -0.1) is 0 Å². The number of ether oxygens (including phenoxy) is 3. The van der Waals surface area contributed by atoms with Crippen molar-refractivity contribution < 1.29 is 28.9 Å². The minimum atomic E-state index is -0.828. The number of benzene rings is 3. The number of phenols is 1. The second kappa shape index (κ2) is 12.3. The van der Waals surface area contributed by atoms with Gasteiger partial charge in [-0.2, -0.15) is 12.6 Å². The fourth-order valence-corrected chi connectivity index (χ4v) is 3.76. The van der Waals surface area contributed by atoms with Gasteiger partial charge in [-0.05, 0) is 37.4 Å². The molecule has 0 fully saturated rings. The summed E-state index contributed by atoms with van der Waals surface area (Å²) >= 11 is 3.92. The van der Waals surface area contributed by atoms with Crippen molar-refractivity contribution in [2.75, 3.05) is 24.3 Å². The van der Waals surface area contributed by atoms with E-state index in [0.717, 1.165) is 10.9 Å². The molecule has 0 spiro atoms. The quantitative estimate of drug-likeness (QED) is 0.264. The van der Waals surface area contributed by atoms with Gasteiger partial charge in [-0.25, -0.2) is 4.79 Å². The molecule has 180 valence electrons. The molecule has 2 atom stereocenters. The van der Waals surface area contributed by atoms with Gasteiger partial charge in [0, 0.05) is 29.7 Å². The third-order valence-electron chi connectivity index (χ3n) is 5.29. The van der Waals surface area contributed by atoms with Crippen molar-refractivity contribution in [1.29, 1.82) is 0 Å². The van der Waals surface area contributed by atoms with Crippen LogP contribution in [0.4, 0.5) is 10.5 Å². The fourth-order valence-electron chi connectivity index (χ4n) is 3.66. The Labute approximate surface area is 204 Å². The number of aryl methyl sites for hydroxylation is 1. The lowest BCUT2D eigenvalue weighted by Gasteiger charge is -2.28. The summed E-state index contributed by atoms with van der Waals surface area (Å²) in [6.45, 7) is 4.24. The molecule has 34 heavy (non-hydrogen) atoms. The molecule has 1 amide bonds. The van der Waals surface area contributed by atoms with Crippen molar-refractivity contribution in [2.24, 2.45) is 0 Å². The lowest BCUT2D eigenvalue weighted by molar-refractivity contribution is -0.142. The Morgan fingerprint density at radius 3 is 2.41 bits per heavy atom. The second-order valence-corrected chi connectivity index (χ2v) is 8.01. The molecule has 0 saturated carbocycles. The lowest BCUT2D eigenvalue weighted by Crippen LogP contribution is -2.30. The van der Waals surface area contributed by atoms with E-state index in [1.165, 1.54) is 0 Å². The van der Waals surface area contributed by atoms with E-state index >= 15 is 0 Å². The molecule has 0 saturated heterocycles. The average molecular weight is 484 g/mol. The molecule has 0 aromatic heterocycles. The van der Waals surface area contributed by atoms with E-state index < -0.39 is 24.3 Å². The van der Waals surface area contributed by atoms with Crippen molar-refractivity contribution in [3.05, 3.63) is 71.8 Å². The van der Waals surface area contributed by atoms with E-state index in [4.69, 9.17) is 14.2 Å². The number of nitrogens with one attached hydrogen (secondary N) is 1. The Morgan fingerprint density at radius 1 is 1.03 bits per heavy atom. The molecule has 0 aliphatic carbocycles. The van der Waals surface area contributed by atoms with Gasteiger partial charge in [-0.1, -0.05) is 48.0 Å². The van der Waals surface area contributed by atoms with Crippen molar-refractivity contribution >= 4 is 41.2 Å². The van der Waals surface area contributed by atoms with Crippen LogP contribution in [0.3, 0.4) is 0 Å². The van der Waals surface area contributed by atoms with Gasteiger partial charge in [0.1, 0.15) is 11.9 Å². The molecule has 3 aromatic carbocycles. The molecular formula is C26H29NO6S. The minimum Gasteiger partial charge on any atom is -0.507 e. The molecule has 2 N–H and O–H groups in total. The van der Waals surface area contributed by atoms with Crippen molar-refractivity contribution in [3.63, 3.8) is 0 Å². The van der Waals surface area contributed by atoms with Gasteiger partial charge in [0.05, 0.1) is 12.4 Å². The number of hydrogen-bond acceptors (Lipinski definition) is 7. The van der Waals surface area contributed by atoms with E-state index in [1.54, 1.807) is 30.3 Å².